The van der Waals surface area contributed by atoms with Crippen LogP contribution in [0, 0.1) is 0 Å². The monoisotopic (exact) mass is 848 g/mol. The minimum absolute atomic E-state index is 0.0733. The van der Waals surface area contributed by atoms with Crippen LogP contribution in [0.2, 0.25) is 0 Å². The number of alkyl halides is 5. The van der Waals surface area contributed by atoms with Crippen molar-refractivity contribution >= 4 is 34.7 Å². The average molecular weight is 849 g/mol. The van der Waals surface area contributed by atoms with Gasteiger partial charge in [0.25, 0.3) is 0 Å². The van der Waals surface area contributed by atoms with Gasteiger partial charge in [0.1, 0.15) is 29.3 Å². The molecule has 2 aromatic rings. The van der Waals surface area contributed by atoms with Crippen LogP contribution in [-0.2, 0) is 35.4 Å². The summed E-state index contributed by atoms with van der Waals surface area (Å²) in [7, 11) is -1.46. The van der Waals surface area contributed by atoms with Crippen molar-refractivity contribution in [3.63, 3.8) is 0 Å². The number of unbranched alkanes of at least 4 members (excludes halogenated alkanes) is 6. The highest BCUT2D eigenvalue weighted by atomic mass is 32.2. The van der Waals surface area contributed by atoms with Crippen molar-refractivity contribution in [3.05, 3.63) is 53.6 Å². The summed E-state index contributed by atoms with van der Waals surface area (Å²) in [5.74, 6) is -7.56. The molecule has 0 aliphatic carbocycles. The number of carboxylic acids is 2. The number of benzene rings is 2. The number of aliphatic carboxylic acids is 2. The largest absolute Gasteiger partial charge is 0.492 e. The van der Waals surface area contributed by atoms with Crippen molar-refractivity contribution in [1.29, 1.82) is 0 Å². The Bertz CT molecular complexity index is 1710. The maximum atomic E-state index is 13.1. The molecule has 0 amide bonds. The third-order valence-corrected chi connectivity index (χ3v) is 11.7. The molecule has 6 N–H and O–H groups in total. The first-order valence-corrected chi connectivity index (χ1v) is 20.8. The lowest BCUT2D eigenvalue weighted by Crippen LogP contribution is -2.40. The summed E-state index contributed by atoms with van der Waals surface area (Å²) in [6.45, 7) is 2.30. The van der Waals surface area contributed by atoms with Gasteiger partial charge in [-0.25, -0.2) is 9.59 Å². The molecule has 0 spiro atoms. The van der Waals surface area contributed by atoms with E-state index in [1.165, 1.54) is 0 Å². The van der Waals surface area contributed by atoms with Crippen LogP contribution in [0.3, 0.4) is 0 Å². The van der Waals surface area contributed by atoms with Crippen LogP contribution in [0.25, 0.3) is 0 Å². The normalized spacial score (nSPS) is 18.3. The molecule has 5 unspecified atom stereocenters. The van der Waals surface area contributed by atoms with Gasteiger partial charge < -0.3 is 35.9 Å². The Labute approximate surface area is 336 Å². The van der Waals surface area contributed by atoms with Gasteiger partial charge in [-0.2, -0.15) is 22.0 Å². The molecule has 18 heteroatoms. The second-order valence-electron chi connectivity index (χ2n) is 14.8. The van der Waals surface area contributed by atoms with Gasteiger partial charge in [0, 0.05) is 59.0 Å². The number of carbonyl (C=O) groups is 4. The molecule has 0 saturated carbocycles. The molecule has 0 bridgehead atoms. The fraction of sp³-hybridized carbons (Fsp3) is 0.600. The van der Waals surface area contributed by atoms with Gasteiger partial charge in [0.2, 0.25) is 0 Å². The summed E-state index contributed by atoms with van der Waals surface area (Å²) in [6, 6.07) is 9.74. The number of nitrogens with two attached hydrogens (primary N) is 2. The van der Waals surface area contributed by atoms with E-state index in [1.54, 1.807) is 24.3 Å². The van der Waals surface area contributed by atoms with E-state index in [-0.39, 0.29) is 61.2 Å². The summed E-state index contributed by atoms with van der Waals surface area (Å²) in [4.78, 5) is 46.7. The van der Waals surface area contributed by atoms with Crippen LogP contribution >= 0.6 is 0 Å². The molecule has 12 nitrogen and oxygen atoms in total. The Kier molecular flexibility index (Phi) is 18.5. The third kappa shape index (κ3) is 14.9. The maximum absolute atomic E-state index is 13.1. The molecule has 3 rings (SSSR count). The van der Waals surface area contributed by atoms with E-state index in [4.69, 9.17) is 35.9 Å². The van der Waals surface area contributed by atoms with E-state index in [2.05, 4.69) is 6.92 Å². The van der Waals surface area contributed by atoms with Gasteiger partial charge in [-0.3, -0.25) is 13.8 Å². The number of carbonyl (C=O) groups excluding carboxylic acids is 2. The Hall–Kier alpha value is -4.16. The topological polar surface area (TPSA) is 206 Å². The Balaban J connectivity index is 1.61. The zero-order chi connectivity index (χ0) is 43.1. The standard InChI is InChI=1S/C40H53F5N2O10S/c1-38(26-11-13-27(14-12-26)56-36(52)31(46)17-19-34(48)49)25-55-33-24-28(57-37(53)32(47)18-20-35(50)51)15-16-29(33)30(38)10-7-5-3-2-4-6-8-22-58(54)23-9-21-39(41,42)40(43,44)45/h11-16,24,30-32H,2-10,17-23,25,46-47H2,1H3,(H,48,49)(H,50,51). The molecule has 1 aliphatic heterocycles. The number of rotatable bonds is 25. The molecule has 0 aromatic heterocycles. The van der Waals surface area contributed by atoms with Gasteiger partial charge in [-0.05, 0) is 61.4 Å². The van der Waals surface area contributed by atoms with Crippen molar-refractivity contribution in [1.82, 2.24) is 0 Å². The number of halogens is 5. The van der Waals surface area contributed by atoms with Crippen molar-refractivity contribution in [2.45, 2.75) is 132 Å². The van der Waals surface area contributed by atoms with Crippen molar-refractivity contribution in [2.24, 2.45) is 11.5 Å². The molecule has 2 aromatic carbocycles. The molecule has 1 heterocycles. The van der Waals surface area contributed by atoms with Crippen LogP contribution in [-0.4, -0.2) is 80.6 Å². The second-order valence-corrected chi connectivity index (χ2v) is 16.5. The molecule has 0 saturated heterocycles. The first kappa shape index (κ1) is 48.2. The smallest absolute Gasteiger partial charge is 0.453 e. The molecule has 0 fully saturated rings. The van der Waals surface area contributed by atoms with E-state index in [1.807, 2.05) is 18.2 Å². The van der Waals surface area contributed by atoms with E-state index >= 15 is 0 Å². The van der Waals surface area contributed by atoms with Crippen LogP contribution in [0.15, 0.2) is 42.5 Å². The summed E-state index contributed by atoms with van der Waals surface area (Å²) < 4.78 is 92.3. The SMILES string of the molecule is CC1(c2ccc(OC(=O)C(N)CCC(=O)O)cc2)COc2cc(OC(=O)C(N)CCC(=O)O)ccc2C1CCCCCCCCCS(=O)CCCC(F)(F)C(F)(F)F. The van der Waals surface area contributed by atoms with Crippen LogP contribution in [0.5, 0.6) is 17.2 Å². The first-order valence-electron chi connectivity index (χ1n) is 19.3. The second kappa shape index (κ2) is 22.3. The summed E-state index contributed by atoms with van der Waals surface area (Å²) >= 11 is 0. The molecule has 0 radical (unpaired) electrons. The lowest BCUT2D eigenvalue weighted by molar-refractivity contribution is -0.284. The summed E-state index contributed by atoms with van der Waals surface area (Å²) in [5.41, 5.74) is 12.8. The first-order chi connectivity index (χ1) is 27.2. The quantitative estimate of drug-likeness (QED) is 0.0340. The Morgan fingerprint density at radius 1 is 0.793 bits per heavy atom. The molecule has 58 heavy (non-hydrogen) atoms. The molecule has 1 aliphatic rings. The van der Waals surface area contributed by atoms with E-state index < -0.39 is 77.1 Å². The molecular weight excluding hydrogens is 796 g/mol. The molecule has 324 valence electrons. The van der Waals surface area contributed by atoms with Crippen LogP contribution in [0.1, 0.15) is 114 Å². The highest BCUT2D eigenvalue weighted by Crippen LogP contribution is 2.50. The average Bonchev–Trinajstić information content (AvgIpc) is 3.15. The zero-order valence-electron chi connectivity index (χ0n) is 32.4. The summed E-state index contributed by atoms with van der Waals surface area (Å²) in [5, 5.41) is 17.8. The predicted molar refractivity (Wildman–Crippen MR) is 204 cm³/mol. The molecular formula is C40H53F5N2O10S. The van der Waals surface area contributed by atoms with E-state index in [0.717, 1.165) is 56.1 Å². The number of hydrogen-bond acceptors (Lipinski definition) is 10. The van der Waals surface area contributed by atoms with E-state index in [9.17, 15) is 45.3 Å². The van der Waals surface area contributed by atoms with Crippen molar-refractivity contribution < 1.29 is 69.8 Å². The zero-order valence-corrected chi connectivity index (χ0v) is 33.2. The van der Waals surface area contributed by atoms with E-state index in [0.29, 0.717) is 12.2 Å². The molecule has 5 atom stereocenters. The van der Waals surface area contributed by atoms with Gasteiger partial charge in [-0.1, -0.05) is 63.6 Å². The lowest BCUT2D eigenvalue weighted by atomic mass is 9.66. The van der Waals surface area contributed by atoms with Gasteiger partial charge in [-0.15, -0.1) is 0 Å². The van der Waals surface area contributed by atoms with Gasteiger partial charge >= 0.3 is 36.0 Å². The Morgan fingerprint density at radius 3 is 1.84 bits per heavy atom. The minimum Gasteiger partial charge on any atom is -0.492 e. The predicted octanol–water partition coefficient (Wildman–Crippen LogP) is 7.16. The fourth-order valence-electron chi connectivity index (χ4n) is 6.70. The highest BCUT2D eigenvalue weighted by molar-refractivity contribution is 7.84. The van der Waals surface area contributed by atoms with Gasteiger partial charge in [0.15, 0.2) is 0 Å². The number of ether oxygens (including phenoxy) is 3. The van der Waals surface area contributed by atoms with Crippen LogP contribution < -0.4 is 25.7 Å². The van der Waals surface area contributed by atoms with Crippen molar-refractivity contribution in [3.8, 4) is 17.2 Å². The van der Waals surface area contributed by atoms with Crippen molar-refractivity contribution in [2.75, 3.05) is 18.1 Å². The summed E-state index contributed by atoms with van der Waals surface area (Å²) in [6.07, 6.45) is -1.70. The van der Waals surface area contributed by atoms with Crippen LogP contribution in [0.4, 0.5) is 22.0 Å². The fourth-order valence-corrected chi connectivity index (χ4v) is 7.89. The maximum Gasteiger partial charge on any atom is 0.453 e. The minimum atomic E-state index is -5.61. The Morgan fingerprint density at radius 2 is 1.29 bits per heavy atom. The number of fused-ring (bicyclic) bond motifs is 1. The number of hydrogen-bond donors (Lipinski definition) is 4. The lowest BCUT2D eigenvalue weighted by Gasteiger charge is -2.43. The number of esters is 2. The highest BCUT2D eigenvalue weighted by Gasteiger charge is 2.56. The number of carboxylic acid groups (broad SMARTS) is 2. The van der Waals surface area contributed by atoms with Gasteiger partial charge in [0.05, 0.1) is 6.61 Å². The third-order valence-electron chi connectivity index (χ3n) is 10.2.